The molecule has 0 aliphatic carbocycles. The summed E-state index contributed by atoms with van der Waals surface area (Å²) >= 11 is 0. The maximum Gasteiger partial charge on any atom is 0.242 e. The molecule has 4 rings (SSSR count). The van der Waals surface area contributed by atoms with Crippen LogP contribution in [0.2, 0.25) is 0 Å². The highest BCUT2D eigenvalue weighted by Crippen LogP contribution is 2.32. The number of rotatable bonds is 7. The second kappa shape index (κ2) is 8.65. The minimum Gasteiger partial charge on any atom is -0.493 e. The molecule has 0 saturated heterocycles. The summed E-state index contributed by atoms with van der Waals surface area (Å²) in [6.07, 6.45) is 1.66. The Kier molecular flexibility index (Phi) is 5.79. The van der Waals surface area contributed by atoms with Gasteiger partial charge in [-0.2, -0.15) is 4.72 Å². The molecule has 4 aromatic rings. The summed E-state index contributed by atoms with van der Waals surface area (Å²) in [6, 6.07) is 24.9. The van der Waals surface area contributed by atoms with Crippen LogP contribution in [0.1, 0.15) is 24.2 Å². The number of aromatic nitrogens is 1. The molecule has 0 radical (unpaired) electrons. The van der Waals surface area contributed by atoms with Crippen molar-refractivity contribution in [2.24, 2.45) is 0 Å². The Morgan fingerprint density at radius 3 is 2.27 bits per heavy atom. The fourth-order valence-electron chi connectivity index (χ4n) is 3.47. The lowest BCUT2D eigenvalue weighted by atomic mass is 10.0. The minimum absolute atomic E-state index is 0.207. The van der Waals surface area contributed by atoms with Gasteiger partial charge in [0.1, 0.15) is 5.75 Å². The van der Waals surface area contributed by atoms with Crippen molar-refractivity contribution in [3.63, 3.8) is 0 Å². The number of pyridine rings is 1. The molecule has 0 bridgehead atoms. The Hall–Kier alpha value is -3.22. The normalized spacial score (nSPS) is 12.6. The third kappa shape index (κ3) is 4.06. The first-order valence-electron chi connectivity index (χ1n) is 9.73. The number of nitrogens with zero attached hydrogens (tertiary/aromatic N) is 1. The van der Waals surface area contributed by atoms with Crippen LogP contribution in [-0.4, -0.2) is 20.0 Å². The molecule has 0 spiro atoms. The molecular formula is C24H22N2O3S. The van der Waals surface area contributed by atoms with Gasteiger partial charge < -0.3 is 4.74 Å². The van der Waals surface area contributed by atoms with Crippen LogP contribution in [0.4, 0.5) is 0 Å². The van der Waals surface area contributed by atoms with E-state index in [4.69, 9.17) is 4.74 Å². The van der Waals surface area contributed by atoms with Crippen LogP contribution < -0.4 is 9.46 Å². The summed E-state index contributed by atoms with van der Waals surface area (Å²) in [6.45, 7) is 2.41. The van der Waals surface area contributed by atoms with Crippen LogP contribution in [0, 0.1) is 0 Å². The fourth-order valence-corrected chi connectivity index (χ4v) is 4.88. The van der Waals surface area contributed by atoms with Crippen molar-refractivity contribution in [1.82, 2.24) is 9.71 Å². The Morgan fingerprint density at radius 1 is 0.867 bits per heavy atom. The van der Waals surface area contributed by atoms with E-state index in [0.29, 0.717) is 23.4 Å². The van der Waals surface area contributed by atoms with Gasteiger partial charge >= 0.3 is 0 Å². The van der Waals surface area contributed by atoms with Crippen molar-refractivity contribution in [3.05, 3.63) is 102 Å². The van der Waals surface area contributed by atoms with Crippen LogP contribution in [0.3, 0.4) is 0 Å². The van der Waals surface area contributed by atoms with Crippen LogP contribution in [0.5, 0.6) is 5.75 Å². The Bertz CT molecular complexity index is 1200. The fraction of sp³-hybridized carbons (Fsp3) is 0.125. The van der Waals surface area contributed by atoms with Crippen LogP contribution in [-0.2, 0) is 10.0 Å². The van der Waals surface area contributed by atoms with Gasteiger partial charge in [-0.1, -0.05) is 60.7 Å². The summed E-state index contributed by atoms with van der Waals surface area (Å²) in [4.78, 5) is 4.59. The molecule has 0 aliphatic heterocycles. The number of hydrogen-bond donors (Lipinski definition) is 1. The predicted molar refractivity (Wildman–Crippen MR) is 118 cm³/mol. The quantitative estimate of drug-likeness (QED) is 0.472. The molecule has 1 aromatic heterocycles. The average Bonchev–Trinajstić information content (AvgIpc) is 2.79. The Balaban J connectivity index is 1.80. The lowest BCUT2D eigenvalue weighted by Gasteiger charge is -2.20. The van der Waals surface area contributed by atoms with Gasteiger partial charge in [0.15, 0.2) is 0 Å². The van der Waals surface area contributed by atoms with Gasteiger partial charge in [0, 0.05) is 17.0 Å². The molecule has 0 amide bonds. The number of hydrogen-bond acceptors (Lipinski definition) is 4. The first kappa shape index (κ1) is 20.1. The minimum atomic E-state index is -3.86. The Morgan fingerprint density at radius 2 is 1.57 bits per heavy atom. The van der Waals surface area contributed by atoms with Crippen molar-refractivity contribution in [1.29, 1.82) is 0 Å². The lowest BCUT2D eigenvalue weighted by molar-refractivity contribution is 0.344. The van der Waals surface area contributed by atoms with Crippen LogP contribution >= 0.6 is 0 Å². The number of benzene rings is 3. The van der Waals surface area contributed by atoms with Gasteiger partial charge in [-0.3, -0.25) is 4.98 Å². The number of fused-ring (bicyclic) bond motifs is 1. The SMILES string of the molecule is CCOc1ccc(S(=O)(=O)NC(c2ccccc2)c2ccccn2)c2ccccc12. The van der Waals surface area contributed by atoms with Gasteiger partial charge in [-0.15, -0.1) is 0 Å². The zero-order valence-electron chi connectivity index (χ0n) is 16.5. The summed E-state index contributed by atoms with van der Waals surface area (Å²) < 4.78 is 35.5. The molecule has 1 atom stereocenters. The van der Waals surface area contributed by atoms with Crippen molar-refractivity contribution in [3.8, 4) is 5.75 Å². The second-order valence-corrected chi connectivity index (χ2v) is 8.44. The molecule has 0 fully saturated rings. The molecule has 3 aromatic carbocycles. The van der Waals surface area contributed by atoms with Gasteiger partial charge in [0.25, 0.3) is 0 Å². The molecule has 0 aliphatic rings. The monoisotopic (exact) mass is 418 g/mol. The smallest absolute Gasteiger partial charge is 0.242 e. The summed E-state index contributed by atoms with van der Waals surface area (Å²) in [5.74, 6) is 0.663. The zero-order chi connectivity index (χ0) is 21.0. The predicted octanol–water partition coefficient (Wildman–Crippen LogP) is 4.70. The molecule has 30 heavy (non-hydrogen) atoms. The van der Waals surface area contributed by atoms with Crippen LogP contribution in [0.25, 0.3) is 10.8 Å². The summed E-state index contributed by atoms with van der Waals surface area (Å²) in [5.41, 5.74) is 1.44. The first-order chi connectivity index (χ1) is 14.6. The van der Waals surface area contributed by atoms with E-state index in [2.05, 4.69) is 9.71 Å². The highest BCUT2D eigenvalue weighted by Gasteiger charge is 2.25. The molecular weight excluding hydrogens is 396 g/mol. The highest BCUT2D eigenvalue weighted by atomic mass is 32.2. The van der Waals surface area contributed by atoms with E-state index < -0.39 is 16.1 Å². The molecule has 1 heterocycles. The maximum atomic E-state index is 13.5. The average molecular weight is 419 g/mol. The van der Waals surface area contributed by atoms with Gasteiger partial charge in [-0.05, 0) is 36.8 Å². The van der Waals surface area contributed by atoms with E-state index in [0.717, 1.165) is 10.9 Å². The molecule has 0 saturated carbocycles. The van der Waals surface area contributed by atoms with Crippen molar-refractivity contribution < 1.29 is 13.2 Å². The highest BCUT2D eigenvalue weighted by molar-refractivity contribution is 7.89. The van der Waals surface area contributed by atoms with Crippen molar-refractivity contribution in [2.75, 3.05) is 6.61 Å². The van der Waals surface area contributed by atoms with E-state index in [1.165, 1.54) is 0 Å². The zero-order valence-corrected chi connectivity index (χ0v) is 17.3. The maximum absolute atomic E-state index is 13.5. The van der Waals surface area contributed by atoms with Crippen molar-refractivity contribution in [2.45, 2.75) is 17.9 Å². The van der Waals surface area contributed by atoms with E-state index in [1.54, 1.807) is 30.5 Å². The second-order valence-electron chi connectivity index (χ2n) is 6.76. The first-order valence-corrected chi connectivity index (χ1v) is 11.2. The lowest BCUT2D eigenvalue weighted by Crippen LogP contribution is -2.30. The largest absolute Gasteiger partial charge is 0.493 e. The van der Waals surface area contributed by atoms with Gasteiger partial charge in [0.05, 0.1) is 23.2 Å². The third-order valence-corrected chi connectivity index (χ3v) is 6.30. The van der Waals surface area contributed by atoms with E-state index in [-0.39, 0.29) is 4.90 Å². The third-order valence-electron chi connectivity index (χ3n) is 4.82. The molecule has 1 N–H and O–H groups in total. The van der Waals surface area contributed by atoms with Gasteiger partial charge in [0.2, 0.25) is 10.0 Å². The molecule has 6 heteroatoms. The van der Waals surface area contributed by atoms with E-state index in [1.807, 2.05) is 67.6 Å². The summed E-state index contributed by atoms with van der Waals surface area (Å²) in [5, 5.41) is 1.38. The number of sulfonamides is 1. The molecule has 1 unspecified atom stereocenters. The number of ether oxygens (including phenoxy) is 1. The Labute approximate surface area is 176 Å². The van der Waals surface area contributed by atoms with Crippen molar-refractivity contribution >= 4 is 20.8 Å². The molecule has 5 nitrogen and oxygen atoms in total. The number of nitrogens with one attached hydrogen (secondary N) is 1. The topological polar surface area (TPSA) is 68.3 Å². The summed E-state index contributed by atoms with van der Waals surface area (Å²) in [7, 11) is -3.86. The van der Waals surface area contributed by atoms with Gasteiger partial charge in [-0.25, -0.2) is 8.42 Å². The van der Waals surface area contributed by atoms with E-state index in [9.17, 15) is 8.42 Å². The standard InChI is InChI=1S/C24H22N2O3S/c1-2-29-22-15-16-23(20-13-7-6-12-19(20)22)30(27,28)26-24(18-10-4-3-5-11-18)21-14-8-9-17-25-21/h3-17,24,26H,2H2,1H3. The van der Waals surface area contributed by atoms with E-state index >= 15 is 0 Å². The molecule has 152 valence electrons. The van der Waals surface area contributed by atoms with Crippen LogP contribution in [0.15, 0.2) is 96.0 Å².